The van der Waals surface area contributed by atoms with Crippen LogP contribution in [0.25, 0.3) is 0 Å². The van der Waals surface area contributed by atoms with Gasteiger partial charge in [0.1, 0.15) is 0 Å². The van der Waals surface area contributed by atoms with E-state index in [1.807, 2.05) is 42.2 Å². The lowest BCUT2D eigenvalue weighted by Gasteiger charge is -2.39. The monoisotopic (exact) mass is 390 g/mol. The number of piperidine rings is 1. The molecule has 2 amide bonds. The lowest BCUT2D eigenvalue weighted by atomic mass is 9.77. The van der Waals surface area contributed by atoms with Gasteiger partial charge in [-0.3, -0.25) is 9.59 Å². The highest BCUT2D eigenvalue weighted by Crippen LogP contribution is 2.41. The molecule has 1 spiro atoms. The first-order chi connectivity index (χ1) is 14.0. The molecule has 0 atom stereocenters. The van der Waals surface area contributed by atoms with Gasteiger partial charge >= 0.3 is 0 Å². The maximum atomic E-state index is 12.8. The number of hydrogen-bond donors (Lipinski definition) is 0. The molecule has 2 aromatic rings. The Morgan fingerprint density at radius 2 is 1.79 bits per heavy atom. The molecule has 0 aliphatic carbocycles. The number of amides is 2. The molecular weight excluding hydrogens is 360 g/mol. The second kappa shape index (κ2) is 8.40. The van der Waals surface area contributed by atoms with Crippen LogP contribution in [-0.4, -0.2) is 47.8 Å². The molecule has 2 aromatic carbocycles. The highest BCUT2D eigenvalue weighted by molar-refractivity contribution is 5.94. The Balaban J connectivity index is 1.29. The van der Waals surface area contributed by atoms with Crippen LogP contribution < -0.4 is 0 Å². The van der Waals surface area contributed by atoms with E-state index in [9.17, 15) is 9.59 Å². The molecule has 29 heavy (non-hydrogen) atoms. The van der Waals surface area contributed by atoms with Gasteiger partial charge in [0.2, 0.25) is 5.91 Å². The fraction of sp³-hybridized carbons (Fsp3) is 0.440. The molecule has 2 aliphatic rings. The lowest BCUT2D eigenvalue weighted by Crippen LogP contribution is -2.44. The molecule has 0 saturated carbocycles. The Kier molecular flexibility index (Phi) is 5.70. The molecule has 2 fully saturated rings. The SMILES string of the molecule is Cc1cccc(C(=O)N2CCC3(CC2)CC(=O)N(CCCc2ccccc2)C3)c1. The van der Waals surface area contributed by atoms with Gasteiger partial charge in [-0.05, 0) is 50.3 Å². The fourth-order valence-electron chi connectivity index (χ4n) is 4.78. The zero-order chi connectivity index (χ0) is 20.3. The summed E-state index contributed by atoms with van der Waals surface area (Å²) in [6.07, 6.45) is 4.50. The molecule has 0 unspecified atom stereocenters. The summed E-state index contributed by atoms with van der Waals surface area (Å²) < 4.78 is 0. The molecule has 0 N–H and O–H groups in total. The first-order valence-corrected chi connectivity index (χ1v) is 10.7. The maximum Gasteiger partial charge on any atom is 0.253 e. The van der Waals surface area contributed by atoms with Gasteiger partial charge in [0, 0.05) is 43.6 Å². The van der Waals surface area contributed by atoms with Crippen molar-refractivity contribution in [3.8, 4) is 0 Å². The van der Waals surface area contributed by atoms with Gasteiger partial charge in [0.15, 0.2) is 0 Å². The molecule has 2 saturated heterocycles. The predicted molar refractivity (Wildman–Crippen MR) is 115 cm³/mol. The number of rotatable bonds is 5. The smallest absolute Gasteiger partial charge is 0.253 e. The summed E-state index contributed by atoms with van der Waals surface area (Å²) >= 11 is 0. The van der Waals surface area contributed by atoms with E-state index >= 15 is 0 Å². The molecule has 0 aromatic heterocycles. The number of carbonyl (C=O) groups excluding carboxylic acids is 2. The molecule has 152 valence electrons. The summed E-state index contributed by atoms with van der Waals surface area (Å²) in [6, 6.07) is 18.3. The third-order valence-electron chi connectivity index (χ3n) is 6.52. The molecule has 4 heteroatoms. The van der Waals surface area contributed by atoms with Gasteiger partial charge in [-0.1, -0.05) is 48.0 Å². The van der Waals surface area contributed by atoms with Crippen LogP contribution in [0.1, 0.15) is 47.2 Å². The van der Waals surface area contributed by atoms with E-state index in [2.05, 4.69) is 29.2 Å². The highest BCUT2D eigenvalue weighted by atomic mass is 16.2. The van der Waals surface area contributed by atoms with Crippen LogP contribution in [-0.2, 0) is 11.2 Å². The Morgan fingerprint density at radius 3 is 2.52 bits per heavy atom. The molecule has 2 aliphatic heterocycles. The highest BCUT2D eigenvalue weighted by Gasteiger charge is 2.45. The minimum Gasteiger partial charge on any atom is -0.342 e. The summed E-state index contributed by atoms with van der Waals surface area (Å²) in [7, 11) is 0. The maximum absolute atomic E-state index is 12.8. The van der Waals surface area contributed by atoms with Crippen molar-refractivity contribution in [1.29, 1.82) is 0 Å². The summed E-state index contributed by atoms with van der Waals surface area (Å²) in [4.78, 5) is 29.4. The number of carbonyl (C=O) groups is 2. The largest absolute Gasteiger partial charge is 0.342 e. The normalized spacial score (nSPS) is 18.4. The Bertz CT molecular complexity index is 869. The standard InChI is InChI=1S/C25H30N2O2/c1-20-7-5-11-22(17-20)24(29)26-15-12-25(13-16-26)18-23(28)27(19-25)14-6-10-21-8-3-2-4-9-21/h2-5,7-9,11,17H,6,10,12-16,18-19H2,1H3. The summed E-state index contributed by atoms with van der Waals surface area (Å²) in [5.74, 6) is 0.407. The first kappa shape index (κ1) is 19.7. The molecule has 2 heterocycles. The van der Waals surface area contributed by atoms with E-state index in [1.165, 1.54) is 5.56 Å². The number of nitrogens with zero attached hydrogens (tertiary/aromatic N) is 2. The quantitative estimate of drug-likeness (QED) is 0.772. The number of hydrogen-bond acceptors (Lipinski definition) is 2. The number of aryl methyl sites for hydroxylation is 2. The van der Waals surface area contributed by atoms with Gasteiger partial charge in [0.05, 0.1) is 0 Å². The zero-order valence-electron chi connectivity index (χ0n) is 17.3. The molecule has 4 rings (SSSR count). The van der Waals surface area contributed by atoms with Crippen molar-refractivity contribution >= 4 is 11.8 Å². The second-order valence-corrected chi connectivity index (χ2v) is 8.74. The topological polar surface area (TPSA) is 40.6 Å². The van der Waals surface area contributed by atoms with E-state index in [0.29, 0.717) is 6.42 Å². The summed E-state index contributed by atoms with van der Waals surface area (Å²) in [6.45, 7) is 5.20. The lowest BCUT2D eigenvalue weighted by molar-refractivity contribution is -0.127. The van der Waals surface area contributed by atoms with Crippen molar-refractivity contribution in [2.45, 2.75) is 39.0 Å². The van der Waals surface area contributed by atoms with Crippen molar-refractivity contribution in [2.24, 2.45) is 5.41 Å². The zero-order valence-corrected chi connectivity index (χ0v) is 17.3. The Hall–Kier alpha value is -2.62. The molecule has 0 bridgehead atoms. The van der Waals surface area contributed by atoms with Crippen LogP contribution in [0.5, 0.6) is 0 Å². The van der Waals surface area contributed by atoms with Crippen LogP contribution >= 0.6 is 0 Å². The van der Waals surface area contributed by atoms with Crippen molar-refractivity contribution in [3.63, 3.8) is 0 Å². The van der Waals surface area contributed by atoms with Crippen molar-refractivity contribution in [1.82, 2.24) is 9.80 Å². The Labute approximate surface area is 173 Å². The minimum absolute atomic E-state index is 0.0627. The van der Waals surface area contributed by atoms with Crippen LogP contribution in [0.3, 0.4) is 0 Å². The third kappa shape index (κ3) is 4.52. The van der Waals surface area contributed by atoms with Crippen LogP contribution in [0.4, 0.5) is 0 Å². The van der Waals surface area contributed by atoms with Crippen molar-refractivity contribution in [2.75, 3.05) is 26.2 Å². The van der Waals surface area contributed by atoms with Crippen LogP contribution in [0.2, 0.25) is 0 Å². The number of benzene rings is 2. The first-order valence-electron chi connectivity index (χ1n) is 10.7. The fourth-order valence-corrected chi connectivity index (χ4v) is 4.78. The number of likely N-dealkylation sites (tertiary alicyclic amines) is 2. The van der Waals surface area contributed by atoms with E-state index in [0.717, 1.165) is 63.0 Å². The van der Waals surface area contributed by atoms with Crippen molar-refractivity contribution in [3.05, 3.63) is 71.3 Å². The van der Waals surface area contributed by atoms with E-state index in [1.54, 1.807) is 0 Å². The Morgan fingerprint density at radius 1 is 1.03 bits per heavy atom. The third-order valence-corrected chi connectivity index (χ3v) is 6.52. The predicted octanol–water partition coefficient (Wildman–Crippen LogP) is 4.08. The minimum atomic E-state index is 0.0627. The molecule has 0 radical (unpaired) electrons. The van der Waals surface area contributed by atoms with Gasteiger partial charge in [-0.25, -0.2) is 0 Å². The van der Waals surface area contributed by atoms with Crippen molar-refractivity contribution < 1.29 is 9.59 Å². The average molecular weight is 391 g/mol. The summed E-state index contributed by atoms with van der Waals surface area (Å²) in [5.41, 5.74) is 3.27. The van der Waals surface area contributed by atoms with Gasteiger partial charge in [-0.15, -0.1) is 0 Å². The van der Waals surface area contributed by atoms with Crippen LogP contribution in [0.15, 0.2) is 54.6 Å². The second-order valence-electron chi connectivity index (χ2n) is 8.74. The van der Waals surface area contributed by atoms with E-state index in [4.69, 9.17) is 0 Å². The summed E-state index contributed by atoms with van der Waals surface area (Å²) in [5, 5.41) is 0. The average Bonchev–Trinajstić information content (AvgIpc) is 3.03. The van der Waals surface area contributed by atoms with Gasteiger partial charge < -0.3 is 9.80 Å². The van der Waals surface area contributed by atoms with Gasteiger partial charge in [-0.2, -0.15) is 0 Å². The molecular formula is C25H30N2O2. The molecule has 4 nitrogen and oxygen atoms in total. The van der Waals surface area contributed by atoms with Gasteiger partial charge in [0.25, 0.3) is 5.91 Å². The van der Waals surface area contributed by atoms with E-state index in [-0.39, 0.29) is 17.2 Å². The van der Waals surface area contributed by atoms with E-state index < -0.39 is 0 Å². The van der Waals surface area contributed by atoms with Crippen LogP contribution in [0, 0.1) is 12.3 Å².